The Kier molecular flexibility index (Phi) is 5.20. The van der Waals surface area contributed by atoms with Gasteiger partial charge in [0.25, 0.3) is 0 Å². The van der Waals surface area contributed by atoms with Gasteiger partial charge in [-0.2, -0.15) is 5.26 Å². The fourth-order valence-corrected chi connectivity index (χ4v) is 2.43. The van der Waals surface area contributed by atoms with E-state index in [1.807, 2.05) is 6.07 Å². The molecule has 0 aliphatic carbocycles. The smallest absolute Gasteiger partial charge is 0.0992 e. The molecule has 0 unspecified atom stereocenters. The van der Waals surface area contributed by atoms with Crippen LogP contribution in [0.3, 0.4) is 0 Å². The van der Waals surface area contributed by atoms with Gasteiger partial charge in [0.1, 0.15) is 0 Å². The van der Waals surface area contributed by atoms with Gasteiger partial charge >= 0.3 is 0 Å². The molecular weight excluding hydrogens is 308 g/mol. The Balaban J connectivity index is 1.84. The van der Waals surface area contributed by atoms with Crippen molar-refractivity contribution >= 4 is 21.6 Å². The second-order valence-corrected chi connectivity index (χ2v) is 5.53. The molecule has 0 amide bonds. The molecular formula is C14H17BrN2O2. The maximum atomic E-state index is 8.82. The number of benzene rings is 1. The van der Waals surface area contributed by atoms with Crippen molar-refractivity contribution in [2.24, 2.45) is 0 Å². The first-order valence-corrected chi connectivity index (χ1v) is 7.14. The lowest BCUT2D eigenvalue weighted by atomic mass is 10.2. The Hall–Kier alpha value is -1.09. The van der Waals surface area contributed by atoms with Gasteiger partial charge in [-0.25, -0.2) is 0 Å². The van der Waals surface area contributed by atoms with Crippen molar-refractivity contribution in [1.29, 1.82) is 5.26 Å². The van der Waals surface area contributed by atoms with Crippen LogP contribution in [0.4, 0.5) is 5.69 Å². The molecule has 1 aliphatic heterocycles. The lowest BCUT2D eigenvalue weighted by Crippen LogP contribution is -2.26. The average molecular weight is 325 g/mol. The summed E-state index contributed by atoms with van der Waals surface area (Å²) in [6.07, 6.45) is 1.21. The van der Waals surface area contributed by atoms with Crippen molar-refractivity contribution in [3.63, 3.8) is 0 Å². The molecule has 2 atom stereocenters. The average Bonchev–Trinajstić information content (AvgIpc) is 2.92. The van der Waals surface area contributed by atoms with E-state index >= 15 is 0 Å². The molecule has 1 aromatic carbocycles. The zero-order valence-corrected chi connectivity index (χ0v) is 12.4. The number of nitrogens with one attached hydrogen (secondary N) is 1. The van der Waals surface area contributed by atoms with Crippen LogP contribution in [0.1, 0.15) is 18.9 Å². The number of nitriles is 1. The fourth-order valence-electron chi connectivity index (χ4n) is 1.93. The first kappa shape index (κ1) is 14.3. The van der Waals surface area contributed by atoms with E-state index in [0.717, 1.165) is 23.2 Å². The van der Waals surface area contributed by atoms with E-state index in [2.05, 4.69) is 34.2 Å². The molecule has 102 valence electrons. The van der Waals surface area contributed by atoms with Crippen molar-refractivity contribution in [1.82, 2.24) is 0 Å². The van der Waals surface area contributed by atoms with E-state index in [9.17, 15) is 0 Å². The van der Waals surface area contributed by atoms with Crippen LogP contribution in [0.5, 0.6) is 0 Å². The van der Waals surface area contributed by atoms with Crippen LogP contribution in [0.25, 0.3) is 0 Å². The van der Waals surface area contributed by atoms with E-state index < -0.39 is 0 Å². The highest BCUT2D eigenvalue weighted by atomic mass is 79.9. The largest absolute Gasteiger partial charge is 0.379 e. The second kappa shape index (κ2) is 6.90. The van der Waals surface area contributed by atoms with Crippen LogP contribution in [-0.4, -0.2) is 32.0 Å². The first-order chi connectivity index (χ1) is 9.19. The molecule has 1 N–H and O–H groups in total. The number of hydrogen-bond donors (Lipinski definition) is 1. The van der Waals surface area contributed by atoms with Crippen molar-refractivity contribution < 1.29 is 9.47 Å². The highest BCUT2D eigenvalue weighted by molar-refractivity contribution is 9.10. The minimum Gasteiger partial charge on any atom is -0.379 e. The molecule has 19 heavy (non-hydrogen) atoms. The van der Waals surface area contributed by atoms with Crippen molar-refractivity contribution in [2.45, 2.75) is 25.5 Å². The van der Waals surface area contributed by atoms with Crippen LogP contribution >= 0.6 is 15.9 Å². The van der Waals surface area contributed by atoms with Crippen molar-refractivity contribution in [3.05, 3.63) is 28.2 Å². The van der Waals surface area contributed by atoms with Gasteiger partial charge in [0.15, 0.2) is 0 Å². The minimum absolute atomic E-state index is 0.199. The molecule has 1 saturated heterocycles. The monoisotopic (exact) mass is 324 g/mol. The van der Waals surface area contributed by atoms with Gasteiger partial charge < -0.3 is 14.8 Å². The molecule has 1 fully saturated rings. The lowest BCUT2D eigenvalue weighted by molar-refractivity contribution is 0.0395. The Morgan fingerprint density at radius 1 is 1.63 bits per heavy atom. The summed E-state index contributed by atoms with van der Waals surface area (Å²) in [5.74, 6) is 0. The van der Waals surface area contributed by atoms with Gasteiger partial charge in [0.05, 0.1) is 31.0 Å². The number of anilines is 1. The van der Waals surface area contributed by atoms with Crippen LogP contribution < -0.4 is 5.32 Å². The van der Waals surface area contributed by atoms with Gasteiger partial charge in [-0.1, -0.05) is 0 Å². The van der Waals surface area contributed by atoms with Crippen LogP contribution in [0.15, 0.2) is 22.7 Å². The standard InChI is InChI=1S/C14H17BrN2O2/c1-10(8-19-12-4-5-18-9-12)17-14-3-2-11(7-16)6-13(14)15/h2-3,6,10,12,17H,4-5,8-9H2,1H3/t10-,12-/m0/s1. The number of nitrogens with zero attached hydrogens (tertiary/aromatic N) is 1. The van der Waals surface area contributed by atoms with Crippen LogP contribution in [0, 0.1) is 11.3 Å². The quantitative estimate of drug-likeness (QED) is 0.904. The second-order valence-electron chi connectivity index (χ2n) is 4.67. The maximum Gasteiger partial charge on any atom is 0.0992 e. The first-order valence-electron chi connectivity index (χ1n) is 6.34. The van der Waals surface area contributed by atoms with Gasteiger partial charge in [-0.05, 0) is 47.5 Å². The molecule has 2 rings (SSSR count). The Bertz CT molecular complexity index is 467. The van der Waals surface area contributed by atoms with Crippen LogP contribution in [0.2, 0.25) is 0 Å². The highest BCUT2D eigenvalue weighted by Gasteiger charge is 2.17. The molecule has 0 radical (unpaired) electrons. The Morgan fingerprint density at radius 3 is 3.11 bits per heavy atom. The summed E-state index contributed by atoms with van der Waals surface area (Å²) in [5, 5.41) is 12.2. The van der Waals surface area contributed by atoms with E-state index in [-0.39, 0.29) is 12.1 Å². The third-order valence-corrected chi connectivity index (χ3v) is 3.63. The van der Waals surface area contributed by atoms with Gasteiger partial charge in [-0.15, -0.1) is 0 Å². The Labute approximate surface area is 121 Å². The number of halogens is 1. The molecule has 1 aliphatic rings. The molecule has 0 aromatic heterocycles. The number of ether oxygens (including phenoxy) is 2. The third-order valence-electron chi connectivity index (χ3n) is 2.97. The Morgan fingerprint density at radius 2 is 2.47 bits per heavy atom. The van der Waals surface area contributed by atoms with Crippen molar-refractivity contribution in [3.8, 4) is 6.07 Å². The highest BCUT2D eigenvalue weighted by Crippen LogP contribution is 2.24. The van der Waals surface area contributed by atoms with Gasteiger partial charge in [-0.3, -0.25) is 0 Å². The fraction of sp³-hybridized carbons (Fsp3) is 0.500. The van der Waals surface area contributed by atoms with E-state index in [4.69, 9.17) is 14.7 Å². The van der Waals surface area contributed by atoms with Gasteiger partial charge in [0.2, 0.25) is 0 Å². The topological polar surface area (TPSA) is 54.3 Å². The number of hydrogen-bond acceptors (Lipinski definition) is 4. The minimum atomic E-state index is 0.199. The lowest BCUT2D eigenvalue weighted by Gasteiger charge is -2.18. The van der Waals surface area contributed by atoms with E-state index in [1.165, 1.54) is 0 Å². The van der Waals surface area contributed by atoms with Crippen molar-refractivity contribution in [2.75, 3.05) is 25.1 Å². The molecule has 0 spiro atoms. The normalized spacial score (nSPS) is 19.9. The zero-order valence-electron chi connectivity index (χ0n) is 10.9. The molecule has 5 heteroatoms. The van der Waals surface area contributed by atoms with Gasteiger partial charge in [0, 0.05) is 22.8 Å². The molecule has 4 nitrogen and oxygen atoms in total. The summed E-state index contributed by atoms with van der Waals surface area (Å²) in [4.78, 5) is 0. The predicted octanol–water partition coefficient (Wildman–Crippen LogP) is 2.93. The SMILES string of the molecule is C[C@@H](CO[C@H]1CCOC1)Nc1ccc(C#N)cc1Br. The molecule has 1 heterocycles. The zero-order chi connectivity index (χ0) is 13.7. The van der Waals surface area contributed by atoms with E-state index in [1.54, 1.807) is 12.1 Å². The third kappa shape index (κ3) is 4.20. The summed E-state index contributed by atoms with van der Waals surface area (Å²) < 4.78 is 11.9. The molecule has 0 bridgehead atoms. The summed E-state index contributed by atoms with van der Waals surface area (Å²) >= 11 is 3.46. The summed E-state index contributed by atoms with van der Waals surface area (Å²) in [7, 11) is 0. The predicted molar refractivity (Wildman–Crippen MR) is 77.1 cm³/mol. The number of rotatable bonds is 5. The van der Waals surface area contributed by atoms with E-state index in [0.29, 0.717) is 18.8 Å². The summed E-state index contributed by atoms with van der Waals surface area (Å²) in [6.45, 7) is 4.21. The molecule has 0 saturated carbocycles. The maximum absolute atomic E-state index is 8.82. The summed E-state index contributed by atoms with van der Waals surface area (Å²) in [5.41, 5.74) is 1.61. The van der Waals surface area contributed by atoms with Crippen LogP contribution in [-0.2, 0) is 9.47 Å². The molecule has 1 aromatic rings. The summed E-state index contributed by atoms with van der Waals surface area (Å²) in [6, 6.07) is 7.82.